The molecule has 0 aliphatic rings. The lowest BCUT2D eigenvalue weighted by molar-refractivity contribution is -0.116. The largest absolute Gasteiger partial charge is 0.326 e. The summed E-state index contributed by atoms with van der Waals surface area (Å²) < 4.78 is 0. The molecule has 0 bridgehead atoms. The normalized spacial score (nSPS) is 11.5. The Bertz CT molecular complexity index is 724. The number of hydrogen-bond donors (Lipinski definition) is 2. The summed E-state index contributed by atoms with van der Waals surface area (Å²) in [7, 11) is 0. The van der Waals surface area contributed by atoms with Gasteiger partial charge in [-0.1, -0.05) is 35.9 Å². The van der Waals surface area contributed by atoms with E-state index >= 15 is 0 Å². The zero-order valence-corrected chi connectivity index (χ0v) is 13.6. The fourth-order valence-corrected chi connectivity index (χ4v) is 2.53. The predicted molar refractivity (Wildman–Crippen MR) is 92.3 cm³/mol. The van der Waals surface area contributed by atoms with Gasteiger partial charge in [0.1, 0.15) is 0 Å². The van der Waals surface area contributed by atoms with Crippen LogP contribution < -0.4 is 10.6 Å². The number of amides is 1. The Hall–Kier alpha value is -2.35. The highest BCUT2D eigenvalue weighted by atomic mass is 35.5. The van der Waals surface area contributed by atoms with Crippen molar-refractivity contribution in [1.29, 1.82) is 5.26 Å². The number of carbonyl (C=O) groups excluding carboxylic acids is 1. The summed E-state index contributed by atoms with van der Waals surface area (Å²) >= 11 is 6.15. The molecule has 1 atom stereocenters. The lowest BCUT2D eigenvalue weighted by Gasteiger charge is -2.15. The number of halogens is 1. The van der Waals surface area contributed by atoms with Gasteiger partial charge in [0.15, 0.2) is 0 Å². The number of carbonyl (C=O) groups is 1. The molecule has 2 aromatic rings. The predicted octanol–water partition coefficient (Wildman–Crippen LogP) is 3.89. The lowest BCUT2D eigenvalue weighted by atomic mass is 10.1. The number of nitrogens with one attached hydrogen (secondary N) is 2. The molecule has 0 fully saturated rings. The summed E-state index contributed by atoms with van der Waals surface area (Å²) in [5.74, 6) is -0.0982. The highest BCUT2D eigenvalue weighted by molar-refractivity contribution is 6.31. The van der Waals surface area contributed by atoms with Crippen molar-refractivity contribution in [2.45, 2.75) is 19.4 Å². The third-order valence-electron chi connectivity index (χ3n) is 3.45. The second-order valence-corrected chi connectivity index (χ2v) is 5.60. The molecule has 1 amide bonds. The molecule has 2 aromatic carbocycles. The first-order chi connectivity index (χ1) is 11.1. The van der Waals surface area contributed by atoms with Crippen LogP contribution in [0.1, 0.15) is 30.5 Å². The zero-order valence-electron chi connectivity index (χ0n) is 12.8. The second kappa shape index (κ2) is 8.33. The van der Waals surface area contributed by atoms with Gasteiger partial charge in [0, 0.05) is 29.7 Å². The Morgan fingerprint density at radius 3 is 2.78 bits per heavy atom. The molecule has 0 aromatic heterocycles. The topological polar surface area (TPSA) is 64.9 Å². The van der Waals surface area contributed by atoms with Crippen LogP contribution in [-0.4, -0.2) is 12.5 Å². The number of anilines is 1. The Kier molecular flexibility index (Phi) is 6.16. The smallest absolute Gasteiger partial charge is 0.225 e. The average Bonchev–Trinajstić information content (AvgIpc) is 2.55. The van der Waals surface area contributed by atoms with Gasteiger partial charge in [0.2, 0.25) is 5.91 Å². The van der Waals surface area contributed by atoms with Gasteiger partial charge >= 0.3 is 0 Å². The van der Waals surface area contributed by atoms with E-state index in [0.717, 1.165) is 5.56 Å². The van der Waals surface area contributed by atoms with Gasteiger partial charge in [-0.05, 0) is 36.8 Å². The fraction of sp³-hybridized carbons (Fsp3) is 0.222. The van der Waals surface area contributed by atoms with Gasteiger partial charge in [-0.25, -0.2) is 0 Å². The minimum atomic E-state index is -0.0982. The minimum absolute atomic E-state index is 0.0680. The zero-order chi connectivity index (χ0) is 16.7. The molecule has 2 rings (SSSR count). The summed E-state index contributed by atoms with van der Waals surface area (Å²) in [5, 5.41) is 15.6. The van der Waals surface area contributed by atoms with Crippen molar-refractivity contribution in [3.8, 4) is 6.07 Å². The van der Waals surface area contributed by atoms with E-state index in [1.54, 1.807) is 24.3 Å². The van der Waals surface area contributed by atoms with Crippen LogP contribution in [0.5, 0.6) is 0 Å². The van der Waals surface area contributed by atoms with Crippen molar-refractivity contribution >= 4 is 23.2 Å². The summed E-state index contributed by atoms with van der Waals surface area (Å²) in [5.41, 5.74) is 2.16. The van der Waals surface area contributed by atoms with Crippen LogP contribution in [0.15, 0.2) is 48.5 Å². The monoisotopic (exact) mass is 327 g/mol. The van der Waals surface area contributed by atoms with E-state index in [-0.39, 0.29) is 11.9 Å². The summed E-state index contributed by atoms with van der Waals surface area (Å²) in [6.07, 6.45) is 0.339. The molecular weight excluding hydrogens is 310 g/mol. The number of benzene rings is 2. The Morgan fingerprint density at radius 1 is 1.26 bits per heavy atom. The van der Waals surface area contributed by atoms with Crippen molar-refractivity contribution in [1.82, 2.24) is 5.32 Å². The van der Waals surface area contributed by atoms with Crippen LogP contribution in [0.4, 0.5) is 5.69 Å². The van der Waals surface area contributed by atoms with E-state index in [0.29, 0.717) is 29.2 Å². The molecule has 0 saturated carbocycles. The molecule has 4 nitrogen and oxygen atoms in total. The first-order valence-electron chi connectivity index (χ1n) is 7.38. The molecule has 0 aliphatic heterocycles. The molecule has 23 heavy (non-hydrogen) atoms. The quantitative estimate of drug-likeness (QED) is 0.846. The maximum atomic E-state index is 11.9. The Morgan fingerprint density at radius 2 is 2.04 bits per heavy atom. The molecule has 0 aliphatic carbocycles. The Balaban J connectivity index is 1.81. The summed E-state index contributed by atoms with van der Waals surface area (Å²) in [6, 6.07) is 16.6. The van der Waals surface area contributed by atoms with E-state index < -0.39 is 0 Å². The number of rotatable bonds is 6. The maximum absolute atomic E-state index is 11.9. The van der Waals surface area contributed by atoms with Crippen LogP contribution in [0.3, 0.4) is 0 Å². The Labute approximate surface area is 141 Å². The van der Waals surface area contributed by atoms with Gasteiger partial charge < -0.3 is 10.6 Å². The van der Waals surface area contributed by atoms with Crippen LogP contribution in [0.25, 0.3) is 0 Å². The van der Waals surface area contributed by atoms with E-state index in [4.69, 9.17) is 16.9 Å². The van der Waals surface area contributed by atoms with Crippen molar-refractivity contribution in [3.05, 3.63) is 64.7 Å². The van der Waals surface area contributed by atoms with Gasteiger partial charge in [0.05, 0.1) is 11.6 Å². The van der Waals surface area contributed by atoms with Gasteiger partial charge in [0.25, 0.3) is 0 Å². The van der Waals surface area contributed by atoms with Crippen LogP contribution >= 0.6 is 11.6 Å². The molecule has 118 valence electrons. The molecule has 1 unspecified atom stereocenters. The van der Waals surface area contributed by atoms with E-state index in [1.807, 2.05) is 37.3 Å². The van der Waals surface area contributed by atoms with E-state index in [1.165, 1.54) is 0 Å². The van der Waals surface area contributed by atoms with E-state index in [9.17, 15) is 4.79 Å². The van der Waals surface area contributed by atoms with Gasteiger partial charge in [-0.3, -0.25) is 4.79 Å². The van der Waals surface area contributed by atoms with Crippen molar-refractivity contribution in [2.24, 2.45) is 0 Å². The van der Waals surface area contributed by atoms with Crippen molar-refractivity contribution < 1.29 is 4.79 Å². The first-order valence-corrected chi connectivity index (χ1v) is 7.76. The molecule has 0 spiro atoms. The van der Waals surface area contributed by atoms with Crippen molar-refractivity contribution in [2.75, 3.05) is 11.9 Å². The van der Waals surface area contributed by atoms with Crippen molar-refractivity contribution in [3.63, 3.8) is 0 Å². The summed E-state index contributed by atoms with van der Waals surface area (Å²) in [6.45, 7) is 2.55. The third kappa shape index (κ3) is 5.10. The lowest BCUT2D eigenvalue weighted by Crippen LogP contribution is -2.24. The molecule has 2 N–H and O–H groups in total. The first kappa shape index (κ1) is 17.0. The van der Waals surface area contributed by atoms with E-state index in [2.05, 4.69) is 10.6 Å². The molecule has 5 heteroatoms. The maximum Gasteiger partial charge on any atom is 0.225 e. The van der Waals surface area contributed by atoms with Gasteiger partial charge in [-0.2, -0.15) is 5.26 Å². The summed E-state index contributed by atoms with van der Waals surface area (Å²) in [4.78, 5) is 11.9. The molecular formula is C18H18ClN3O. The molecule has 0 heterocycles. The molecule has 0 saturated heterocycles. The highest BCUT2D eigenvalue weighted by Gasteiger charge is 2.09. The average molecular weight is 328 g/mol. The molecule has 0 radical (unpaired) electrons. The van der Waals surface area contributed by atoms with Crippen LogP contribution in [0.2, 0.25) is 5.02 Å². The number of nitrogens with zero attached hydrogens (tertiary/aromatic N) is 1. The number of hydrogen-bond acceptors (Lipinski definition) is 3. The standard InChI is InChI=1S/C18H18ClN3O/c1-13(16-7-2-3-8-17(16)19)21-10-9-18(23)22-15-6-4-5-14(11-15)12-20/h2-8,11,13,21H,9-10H2,1H3,(H,22,23). The number of nitriles is 1. The van der Waals surface area contributed by atoms with Crippen LogP contribution in [-0.2, 0) is 4.79 Å². The van der Waals surface area contributed by atoms with Gasteiger partial charge in [-0.15, -0.1) is 0 Å². The minimum Gasteiger partial charge on any atom is -0.326 e. The highest BCUT2D eigenvalue weighted by Crippen LogP contribution is 2.21. The van der Waals surface area contributed by atoms with Crippen LogP contribution in [0, 0.1) is 11.3 Å². The second-order valence-electron chi connectivity index (χ2n) is 5.19. The fourth-order valence-electron chi connectivity index (χ4n) is 2.23. The third-order valence-corrected chi connectivity index (χ3v) is 3.79. The SMILES string of the molecule is CC(NCCC(=O)Nc1cccc(C#N)c1)c1ccccc1Cl.